The number of hydrogen-bond acceptors (Lipinski definition) is 3. The van der Waals surface area contributed by atoms with Crippen molar-refractivity contribution in [1.29, 1.82) is 0 Å². The molecule has 112 valence electrons. The Balaban J connectivity index is 1.95. The smallest absolute Gasteiger partial charge is 0.311 e. The lowest BCUT2D eigenvalue weighted by molar-refractivity contribution is 0.479. The van der Waals surface area contributed by atoms with Gasteiger partial charge in [-0.2, -0.15) is 8.42 Å². The van der Waals surface area contributed by atoms with Crippen LogP contribution in [0.15, 0.2) is 65.8 Å². The van der Waals surface area contributed by atoms with Crippen LogP contribution in [0.5, 0.6) is 0 Å². The molecule has 0 bridgehead atoms. The average molecular weight is 314 g/mol. The molecule has 5 nitrogen and oxygen atoms in total. The average Bonchev–Trinajstić information content (AvgIpc) is 2.97. The summed E-state index contributed by atoms with van der Waals surface area (Å²) in [6.07, 6.45) is 1.57. The second kappa shape index (κ2) is 5.75. The molecule has 0 radical (unpaired) electrons. The lowest BCUT2D eigenvalue weighted by Gasteiger charge is -2.08. The highest BCUT2D eigenvalue weighted by atomic mass is 32.2. The number of benzene rings is 2. The third-order valence-electron chi connectivity index (χ3n) is 3.34. The second-order valence-electron chi connectivity index (χ2n) is 4.87. The molecule has 0 aliphatic carbocycles. The summed E-state index contributed by atoms with van der Waals surface area (Å²) in [5.41, 5.74) is 3.16. The first kappa shape index (κ1) is 14.5. The lowest BCUT2D eigenvalue weighted by atomic mass is 9.98. The number of H-pyrrole nitrogens is 1. The predicted molar refractivity (Wildman–Crippen MR) is 83.1 cm³/mol. The highest BCUT2D eigenvalue weighted by molar-refractivity contribution is 7.85. The second-order valence-corrected chi connectivity index (χ2v) is 6.26. The van der Waals surface area contributed by atoms with Crippen molar-refractivity contribution in [3.63, 3.8) is 0 Å². The zero-order chi connectivity index (χ0) is 15.6. The molecule has 22 heavy (non-hydrogen) atoms. The molecule has 0 atom stereocenters. The maximum atomic E-state index is 11.1. The molecule has 6 heteroatoms. The quantitative estimate of drug-likeness (QED) is 0.725. The number of nitrogens with zero attached hydrogens (tertiary/aromatic N) is 1. The first-order valence-corrected chi connectivity index (χ1v) is 8.13. The SMILES string of the molecule is O=S(=O)(O)c1cnc(Cc2ccccc2-c2ccccc2)[nH]1. The zero-order valence-electron chi connectivity index (χ0n) is 11.6. The number of imidazole rings is 1. The van der Waals surface area contributed by atoms with Crippen LogP contribution in [-0.4, -0.2) is 22.9 Å². The van der Waals surface area contributed by atoms with Gasteiger partial charge in [0.2, 0.25) is 0 Å². The van der Waals surface area contributed by atoms with Gasteiger partial charge in [0, 0.05) is 6.42 Å². The van der Waals surface area contributed by atoms with Crippen molar-refractivity contribution in [3.05, 3.63) is 72.2 Å². The van der Waals surface area contributed by atoms with Gasteiger partial charge in [0.25, 0.3) is 0 Å². The van der Waals surface area contributed by atoms with Gasteiger partial charge in [0.15, 0.2) is 5.03 Å². The van der Waals surface area contributed by atoms with Crippen LogP contribution in [0.4, 0.5) is 0 Å². The summed E-state index contributed by atoms with van der Waals surface area (Å²) >= 11 is 0. The van der Waals surface area contributed by atoms with Crippen LogP contribution in [0.1, 0.15) is 11.4 Å². The van der Waals surface area contributed by atoms with Crippen molar-refractivity contribution < 1.29 is 13.0 Å². The van der Waals surface area contributed by atoms with E-state index in [4.69, 9.17) is 4.55 Å². The Morgan fingerprint density at radius 3 is 2.36 bits per heavy atom. The number of nitrogens with one attached hydrogen (secondary N) is 1. The van der Waals surface area contributed by atoms with E-state index in [1.54, 1.807) is 0 Å². The molecule has 0 saturated heterocycles. The first-order chi connectivity index (χ1) is 10.5. The molecule has 1 aromatic heterocycles. The molecule has 0 aliphatic rings. The Hall–Kier alpha value is -2.44. The monoisotopic (exact) mass is 314 g/mol. The topological polar surface area (TPSA) is 83.1 Å². The molecule has 3 rings (SSSR count). The molecule has 0 fully saturated rings. The summed E-state index contributed by atoms with van der Waals surface area (Å²) in [6.45, 7) is 0. The minimum Gasteiger partial charge on any atom is -0.331 e. The minimum absolute atomic E-state index is 0.292. The molecule has 3 aromatic rings. The normalized spacial score (nSPS) is 11.5. The molecule has 1 heterocycles. The van der Waals surface area contributed by atoms with Crippen molar-refractivity contribution in [2.24, 2.45) is 0 Å². The largest absolute Gasteiger partial charge is 0.331 e. The maximum Gasteiger partial charge on any atom is 0.311 e. The summed E-state index contributed by atoms with van der Waals surface area (Å²) in [4.78, 5) is 6.65. The van der Waals surface area contributed by atoms with E-state index in [0.29, 0.717) is 12.2 Å². The van der Waals surface area contributed by atoms with Gasteiger partial charge in [-0.15, -0.1) is 0 Å². The van der Waals surface area contributed by atoms with Crippen LogP contribution in [0.3, 0.4) is 0 Å². The van der Waals surface area contributed by atoms with Crippen molar-refractivity contribution in [2.45, 2.75) is 11.4 Å². The highest BCUT2D eigenvalue weighted by Crippen LogP contribution is 2.25. The number of aromatic amines is 1. The van der Waals surface area contributed by atoms with Gasteiger partial charge in [0.1, 0.15) is 5.82 Å². The number of hydrogen-bond donors (Lipinski definition) is 2. The molecular weight excluding hydrogens is 300 g/mol. The van der Waals surface area contributed by atoms with E-state index >= 15 is 0 Å². The molecule has 0 saturated carbocycles. The maximum absolute atomic E-state index is 11.1. The van der Waals surface area contributed by atoms with Crippen LogP contribution in [0.2, 0.25) is 0 Å². The van der Waals surface area contributed by atoms with E-state index < -0.39 is 10.1 Å². The summed E-state index contributed by atoms with van der Waals surface area (Å²) in [5, 5.41) is -0.292. The lowest BCUT2D eigenvalue weighted by Crippen LogP contribution is -1.99. The number of rotatable bonds is 4. The van der Waals surface area contributed by atoms with Gasteiger partial charge in [-0.3, -0.25) is 4.55 Å². The third kappa shape index (κ3) is 3.08. The van der Waals surface area contributed by atoms with Crippen molar-refractivity contribution in [2.75, 3.05) is 0 Å². The Labute approximate surface area is 128 Å². The molecular formula is C16H14N2O3S. The van der Waals surface area contributed by atoms with E-state index in [2.05, 4.69) is 9.97 Å². The Bertz CT molecular complexity index is 887. The molecule has 0 unspecified atom stereocenters. The molecule has 2 N–H and O–H groups in total. The number of aromatic nitrogens is 2. The summed E-state index contributed by atoms with van der Waals surface area (Å²) in [7, 11) is -4.25. The fraction of sp³-hybridized carbons (Fsp3) is 0.0625. The third-order valence-corrected chi connectivity index (χ3v) is 4.11. The van der Waals surface area contributed by atoms with E-state index in [0.717, 1.165) is 22.9 Å². The van der Waals surface area contributed by atoms with Crippen LogP contribution in [0.25, 0.3) is 11.1 Å². The van der Waals surface area contributed by atoms with Gasteiger partial charge in [0.05, 0.1) is 6.20 Å². The van der Waals surface area contributed by atoms with Crippen LogP contribution < -0.4 is 0 Å². The fourth-order valence-electron chi connectivity index (χ4n) is 2.32. The standard InChI is InChI=1S/C16H14N2O3S/c19-22(20,21)16-11-17-15(18-16)10-13-8-4-5-9-14(13)12-6-2-1-3-7-12/h1-9,11H,10H2,(H,17,18)(H,19,20,21). The van der Waals surface area contributed by atoms with E-state index in [1.807, 2.05) is 54.6 Å². The van der Waals surface area contributed by atoms with E-state index in [1.165, 1.54) is 0 Å². The molecule has 2 aromatic carbocycles. The van der Waals surface area contributed by atoms with Crippen LogP contribution >= 0.6 is 0 Å². The van der Waals surface area contributed by atoms with Crippen molar-refractivity contribution >= 4 is 10.1 Å². The van der Waals surface area contributed by atoms with E-state index in [-0.39, 0.29) is 5.03 Å². The molecule has 0 aliphatic heterocycles. The Kier molecular flexibility index (Phi) is 3.79. The van der Waals surface area contributed by atoms with Gasteiger partial charge < -0.3 is 4.98 Å². The Morgan fingerprint density at radius 1 is 1.00 bits per heavy atom. The summed E-state index contributed by atoms with van der Waals surface area (Å²) in [6, 6.07) is 17.8. The van der Waals surface area contributed by atoms with Gasteiger partial charge in [-0.25, -0.2) is 4.98 Å². The van der Waals surface area contributed by atoms with Gasteiger partial charge in [-0.05, 0) is 16.7 Å². The van der Waals surface area contributed by atoms with Crippen molar-refractivity contribution in [3.8, 4) is 11.1 Å². The summed E-state index contributed by atoms with van der Waals surface area (Å²) in [5.74, 6) is 0.482. The van der Waals surface area contributed by atoms with E-state index in [9.17, 15) is 8.42 Å². The first-order valence-electron chi connectivity index (χ1n) is 6.69. The zero-order valence-corrected chi connectivity index (χ0v) is 12.4. The predicted octanol–water partition coefficient (Wildman–Crippen LogP) is 2.91. The van der Waals surface area contributed by atoms with Gasteiger partial charge >= 0.3 is 10.1 Å². The minimum atomic E-state index is -4.25. The van der Waals surface area contributed by atoms with Crippen LogP contribution in [0, 0.1) is 0 Å². The van der Waals surface area contributed by atoms with Crippen molar-refractivity contribution in [1.82, 2.24) is 9.97 Å². The molecule has 0 spiro atoms. The molecule has 0 amide bonds. The highest BCUT2D eigenvalue weighted by Gasteiger charge is 2.14. The summed E-state index contributed by atoms with van der Waals surface area (Å²) < 4.78 is 31.1. The Morgan fingerprint density at radius 2 is 1.68 bits per heavy atom. The van der Waals surface area contributed by atoms with Gasteiger partial charge in [-0.1, -0.05) is 54.6 Å². The van der Waals surface area contributed by atoms with Crippen LogP contribution in [-0.2, 0) is 16.5 Å². The fourth-order valence-corrected chi connectivity index (χ4v) is 2.75.